The molecule has 0 spiro atoms. The molecular weight excluding hydrogens is 410 g/mol. The van der Waals surface area contributed by atoms with Crippen molar-refractivity contribution in [1.82, 2.24) is 4.57 Å². The van der Waals surface area contributed by atoms with E-state index in [1.54, 1.807) is 6.92 Å². The van der Waals surface area contributed by atoms with Crippen molar-refractivity contribution in [1.29, 1.82) is 0 Å². The third-order valence-electron chi connectivity index (χ3n) is 4.60. The van der Waals surface area contributed by atoms with Gasteiger partial charge in [0.25, 0.3) is 5.91 Å². The van der Waals surface area contributed by atoms with Gasteiger partial charge in [-0.3, -0.25) is 4.79 Å². The van der Waals surface area contributed by atoms with E-state index in [1.807, 2.05) is 0 Å². The number of aromatic nitrogens is 1. The topological polar surface area (TPSA) is 34.0 Å². The molecule has 0 saturated carbocycles. The maximum atomic E-state index is 13.4. The van der Waals surface area contributed by atoms with Gasteiger partial charge in [0.05, 0.1) is 22.4 Å². The van der Waals surface area contributed by atoms with Gasteiger partial charge in [0.2, 0.25) is 0 Å². The summed E-state index contributed by atoms with van der Waals surface area (Å²) in [5.41, 5.74) is -0.897. The van der Waals surface area contributed by atoms with Crippen molar-refractivity contribution in [3.05, 3.63) is 82.7 Å². The molecule has 0 radical (unpaired) electrons. The van der Waals surface area contributed by atoms with Gasteiger partial charge in [-0.15, -0.1) is 0 Å². The highest BCUT2D eigenvalue weighted by atomic mass is 19.4. The number of amides is 1. The summed E-state index contributed by atoms with van der Waals surface area (Å²) < 4.78 is 79.5. The van der Waals surface area contributed by atoms with Crippen LogP contribution >= 0.6 is 0 Å². The fraction of sp³-hybridized carbons (Fsp3) is 0.190. The largest absolute Gasteiger partial charge is 0.418 e. The van der Waals surface area contributed by atoms with E-state index in [1.165, 1.54) is 35.8 Å². The van der Waals surface area contributed by atoms with Gasteiger partial charge in [-0.25, -0.2) is 0 Å². The molecule has 0 saturated heterocycles. The van der Waals surface area contributed by atoms with Gasteiger partial charge in [0.15, 0.2) is 0 Å². The zero-order chi connectivity index (χ0) is 22.3. The van der Waals surface area contributed by atoms with Crippen molar-refractivity contribution in [3.63, 3.8) is 0 Å². The Hall–Kier alpha value is -3.23. The molecule has 0 aliphatic carbocycles. The van der Waals surface area contributed by atoms with Gasteiger partial charge in [-0.2, -0.15) is 26.3 Å². The highest BCUT2D eigenvalue weighted by molar-refractivity contribution is 6.05. The SMILES string of the molecule is Cc1cc(C(=O)Nc2ccc(C(F)(F)F)cc2)c(C)n1-c1ccccc1C(F)(F)F. The van der Waals surface area contributed by atoms with Gasteiger partial charge in [0, 0.05) is 17.1 Å². The van der Waals surface area contributed by atoms with Crippen molar-refractivity contribution < 1.29 is 31.1 Å². The molecule has 158 valence electrons. The molecule has 0 aliphatic rings. The standard InChI is InChI=1S/C21H16F6N2O/c1-12-11-16(19(30)28-15-9-7-14(8-10-15)20(22,23)24)13(2)29(12)18-6-4-3-5-17(18)21(25,26)27/h3-11H,1-2H3,(H,28,30). The zero-order valence-electron chi connectivity index (χ0n) is 15.8. The van der Waals surface area contributed by atoms with E-state index in [0.29, 0.717) is 5.69 Å². The molecule has 3 aromatic rings. The number of benzene rings is 2. The first-order chi connectivity index (χ1) is 13.9. The van der Waals surface area contributed by atoms with E-state index in [0.717, 1.165) is 30.3 Å². The Labute approximate surface area is 167 Å². The molecule has 0 bridgehead atoms. The number of rotatable bonds is 3. The quantitative estimate of drug-likeness (QED) is 0.484. The van der Waals surface area contributed by atoms with E-state index in [9.17, 15) is 31.1 Å². The van der Waals surface area contributed by atoms with E-state index in [2.05, 4.69) is 5.32 Å². The molecule has 9 heteroatoms. The Kier molecular flexibility index (Phi) is 5.40. The molecule has 0 atom stereocenters. The lowest BCUT2D eigenvalue weighted by Crippen LogP contribution is -2.15. The molecule has 1 N–H and O–H groups in total. The first-order valence-corrected chi connectivity index (χ1v) is 8.73. The molecular formula is C21H16F6N2O. The maximum absolute atomic E-state index is 13.4. The number of carbonyl (C=O) groups is 1. The minimum Gasteiger partial charge on any atom is -0.322 e. The lowest BCUT2D eigenvalue weighted by atomic mass is 10.1. The Bertz CT molecular complexity index is 1080. The van der Waals surface area contributed by atoms with Crippen LogP contribution in [-0.4, -0.2) is 10.5 Å². The average molecular weight is 426 g/mol. The first-order valence-electron chi connectivity index (χ1n) is 8.73. The van der Waals surface area contributed by atoms with Gasteiger partial charge in [-0.05, 0) is 56.3 Å². The lowest BCUT2D eigenvalue weighted by molar-refractivity contribution is -0.138. The van der Waals surface area contributed by atoms with Crippen molar-refractivity contribution >= 4 is 11.6 Å². The molecule has 3 rings (SSSR count). The number of alkyl halides is 6. The second-order valence-corrected chi connectivity index (χ2v) is 6.66. The molecule has 1 heterocycles. The fourth-order valence-corrected chi connectivity index (χ4v) is 3.21. The smallest absolute Gasteiger partial charge is 0.322 e. The van der Waals surface area contributed by atoms with Gasteiger partial charge in [-0.1, -0.05) is 12.1 Å². The molecule has 30 heavy (non-hydrogen) atoms. The lowest BCUT2D eigenvalue weighted by Gasteiger charge is -2.16. The number of halogens is 6. The Balaban J connectivity index is 1.94. The summed E-state index contributed by atoms with van der Waals surface area (Å²) in [6.45, 7) is 3.07. The summed E-state index contributed by atoms with van der Waals surface area (Å²) >= 11 is 0. The van der Waals surface area contributed by atoms with Crippen LogP contribution in [-0.2, 0) is 12.4 Å². The van der Waals surface area contributed by atoms with Crippen LogP contribution in [0.2, 0.25) is 0 Å². The highest BCUT2D eigenvalue weighted by Crippen LogP contribution is 2.35. The second-order valence-electron chi connectivity index (χ2n) is 6.66. The predicted octanol–water partition coefficient (Wildman–Crippen LogP) is 6.38. The van der Waals surface area contributed by atoms with Crippen molar-refractivity contribution in [2.75, 3.05) is 5.32 Å². The third kappa shape index (κ3) is 4.19. The summed E-state index contributed by atoms with van der Waals surface area (Å²) in [5, 5.41) is 2.47. The van der Waals surface area contributed by atoms with Crippen LogP contribution in [0.5, 0.6) is 0 Å². The number of hydrogen-bond donors (Lipinski definition) is 1. The molecule has 3 nitrogen and oxygen atoms in total. The molecule has 0 fully saturated rings. The Morgan fingerprint density at radius 3 is 2.03 bits per heavy atom. The van der Waals surface area contributed by atoms with Gasteiger partial charge in [0.1, 0.15) is 0 Å². The molecule has 1 aromatic heterocycles. The van der Waals surface area contributed by atoms with Gasteiger partial charge < -0.3 is 9.88 Å². The average Bonchev–Trinajstić information content (AvgIpc) is 2.95. The van der Waals surface area contributed by atoms with Crippen molar-refractivity contribution in [3.8, 4) is 5.69 Å². The summed E-state index contributed by atoms with van der Waals surface area (Å²) in [6, 6.07) is 10.3. The number of hydrogen-bond acceptors (Lipinski definition) is 1. The molecule has 0 unspecified atom stereocenters. The maximum Gasteiger partial charge on any atom is 0.418 e. The monoisotopic (exact) mass is 426 g/mol. The van der Waals surface area contributed by atoms with Crippen molar-refractivity contribution in [2.24, 2.45) is 0 Å². The summed E-state index contributed by atoms with van der Waals surface area (Å²) in [7, 11) is 0. The number of nitrogens with zero attached hydrogens (tertiary/aromatic N) is 1. The summed E-state index contributed by atoms with van der Waals surface area (Å²) in [5.74, 6) is -0.640. The first kappa shape index (κ1) is 21.5. The van der Waals surface area contributed by atoms with Crippen LogP contribution < -0.4 is 5.32 Å². The van der Waals surface area contributed by atoms with Crippen LogP contribution in [0.15, 0.2) is 54.6 Å². The summed E-state index contributed by atoms with van der Waals surface area (Å²) in [6.07, 6.45) is -9.08. The van der Waals surface area contributed by atoms with Crippen LogP contribution in [0, 0.1) is 13.8 Å². The van der Waals surface area contributed by atoms with Crippen LogP contribution in [0.25, 0.3) is 5.69 Å². The second kappa shape index (κ2) is 7.55. The van der Waals surface area contributed by atoms with E-state index in [-0.39, 0.29) is 22.6 Å². The van der Waals surface area contributed by atoms with Gasteiger partial charge >= 0.3 is 12.4 Å². The number of aryl methyl sites for hydroxylation is 1. The number of anilines is 1. The molecule has 0 aliphatic heterocycles. The number of carbonyl (C=O) groups excluding carboxylic acids is 1. The zero-order valence-corrected chi connectivity index (χ0v) is 15.8. The summed E-state index contributed by atoms with van der Waals surface area (Å²) in [4.78, 5) is 12.6. The molecule has 1 amide bonds. The fourth-order valence-electron chi connectivity index (χ4n) is 3.21. The third-order valence-corrected chi connectivity index (χ3v) is 4.60. The van der Waals surface area contributed by atoms with Crippen LogP contribution in [0.1, 0.15) is 32.9 Å². The Morgan fingerprint density at radius 2 is 1.47 bits per heavy atom. The van der Waals surface area contributed by atoms with Crippen LogP contribution in [0.3, 0.4) is 0 Å². The number of para-hydroxylation sites is 1. The Morgan fingerprint density at radius 1 is 0.867 bits per heavy atom. The minimum absolute atomic E-state index is 0.115. The normalized spacial score (nSPS) is 12.1. The minimum atomic E-state index is -4.58. The molecule has 2 aromatic carbocycles. The number of nitrogens with one attached hydrogen (secondary N) is 1. The van der Waals surface area contributed by atoms with E-state index < -0.39 is 29.4 Å². The highest BCUT2D eigenvalue weighted by Gasteiger charge is 2.34. The van der Waals surface area contributed by atoms with E-state index in [4.69, 9.17) is 0 Å². The van der Waals surface area contributed by atoms with E-state index >= 15 is 0 Å². The van der Waals surface area contributed by atoms with Crippen molar-refractivity contribution in [2.45, 2.75) is 26.2 Å². The van der Waals surface area contributed by atoms with Crippen LogP contribution in [0.4, 0.5) is 32.0 Å². The predicted molar refractivity (Wildman–Crippen MR) is 99.6 cm³/mol.